The van der Waals surface area contributed by atoms with E-state index in [0.29, 0.717) is 6.04 Å². The van der Waals surface area contributed by atoms with Crippen LogP contribution >= 0.6 is 31.9 Å². The second-order valence-electron chi connectivity index (χ2n) is 5.65. The second kappa shape index (κ2) is 6.25. The van der Waals surface area contributed by atoms with Gasteiger partial charge in [-0.1, -0.05) is 18.9 Å². The topological polar surface area (TPSA) is 15.3 Å². The summed E-state index contributed by atoms with van der Waals surface area (Å²) in [6.45, 7) is 4.59. The van der Waals surface area contributed by atoms with Crippen LogP contribution in [0.25, 0.3) is 0 Å². The van der Waals surface area contributed by atoms with Gasteiger partial charge in [0.2, 0.25) is 0 Å². The first kappa shape index (κ1) is 14.1. The molecule has 1 aromatic rings. The van der Waals surface area contributed by atoms with Gasteiger partial charge in [0.15, 0.2) is 0 Å². The van der Waals surface area contributed by atoms with E-state index in [2.05, 4.69) is 60.3 Å². The third kappa shape index (κ3) is 3.60. The highest BCUT2D eigenvalue weighted by atomic mass is 79.9. The van der Waals surface area contributed by atoms with Crippen molar-refractivity contribution in [3.63, 3.8) is 0 Å². The molecule has 2 aliphatic rings. The van der Waals surface area contributed by atoms with Gasteiger partial charge < -0.3 is 5.32 Å². The van der Waals surface area contributed by atoms with E-state index in [0.717, 1.165) is 23.5 Å². The molecule has 1 N–H and O–H groups in total. The molecule has 1 heterocycles. The van der Waals surface area contributed by atoms with Gasteiger partial charge in [-0.2, -0.15) is 0 Å². The fraction of sp³-hybridized carbons (Fsp3) is 0.600. The summed E-state index contributed by atoms with van der Waals surface area (Å²) in [5.41, 5.74) is 1.46. The van der Waals surface area contributed by atoms with Gasteiger partial charge in [-0.15, -0.1) is 0 Å². The number of benzene rings is 1. The Balaban J connectivity index is 1.81. The summed E-state index contributed by atoms with van der Waals surface area (Å²) in [5.74, 6) is 0.960. The summed E-state index contributed by atoms with van der Waals surface area (Å²) in [6, 6.07) is 7.34. The molecule has 0 amide bonds. The van der Waals surface area contributed by atoms with Gasteiger partial charge in [0.1, 0.15) is 0 Å². The van der Waals surface area contributed by atoms with E-state index in [9.17, 15) is 0 Å². The SMILES string of the molecule is Brc1ccc([C@H](CC2CC2)N2CCNCC2)cc1Br. The molecule has 2 fully saturated rings. The lowest BCUT2D eigenvalue weighted by Crippen LogP contribution is -2.45. The molecule has 1 aliphatic carbocycles. The quantitative estimate of drug-likeness (QED) is 0.841. The average molecular weight is 388 g/mol. The Hall–Kier alpha value is 0.1000. The minimum absolute atomic E-state index is 0.596. The standard InChI is InChI=1S/C15H20Br2N2/c16-13-4-3-12(10-14(13)17)15(9-11-1-2-11)19-7-5-18-6-8-19/h3-4,10-11,15,18H,1-2,5-9H2/t15-/m0/s1. The Kier molecular flexibility index (Phi) is 4.62. The van der Waals surface area contributed by atoms with Gasteiger partial charge in [0.05, 0.1) is 0 Å². The molecule has 4 heteroatoms. The van der Waals surface area contributed by atoms with E-state index in [4.69, 9.17) is 0 Å². The minimum Gasteiger partial charge on any atom is -0.314 e. The highest BCUT2D eigenvalue weighted by molar-refractivity contribution is 9.13. The zero-order chi connectivity index (χ0) is 13.2. The van der Waals surface area contributed by atoms with Crippen molar-refractivity contribution in [2.24, 2.45) is 5.92 Å². The van der Waals surface area contributed by atoms with Gasteiger partial charge in [-0.25, -0.2) is 0 Å². The third-order valence-corrected chi connectivity index (χ3v) is 6.05. The van der Waals surface area contributed by atoms with Crippen LogP contribution in [0.15, 0.2) is 27.1 Å². The Morgan fingerprint density at radius 1 is 1.16 bits per heavy atom. The highest BCUT2D eigenvalue weighted by Crippen LogP contribution is 2.41. The molecule has 3 rings (SSSR count). The molecule has 0 unspecified atom stereocenters. The molecule has 0 spiro atoms. The van der Waals surface area contributed by atoms with Crippen molar-refractivity contribution >= 4 is 31.9 Å². The molecule has 0 aromatic heterocycles. The molecule has 1 saturated carbocycles. The Labute approximate surface area is 132 Å². The zero-order valence-corrected chi connectivity index (χ0v) is 14.2. The van der Waals surface area contributed by atoms with Crippen molar-refractivity contribution in [3.05, 3.63) is 32.7 Å². The van der Waals surface area contributed by atoms with Gasteiger partial charge >= 0.3 is 0 Å². The van der Waals surface area contributed by atoms with Crippen LogP contribution in [-0.4, -0.2) is 31.1 Å². The predicted molar refractivity (Wildman–Crippen MR) is 86.4 cm³/mol. The van der Waals surface area contributed by atoms with Crippen molar-refractivity contribution in [1.82, 2.24) is 10.2 Å². The van der Waals surface area contributed by atoms with Crippen LogP contribution in [0.5, 0.6) is 0 Å². The van der Waals surface area contributed by atoms with Crippen molar-refractivity contribution < 1.29 is 0 Å². The summed E-state index contributed by atoms with van der Waals surface area (Å²) >= 11 is 7.21. The van der Waals surface area contributed by atoms with Gasteiger partial charge in [0, 0.05) is 41.2 Å². The monoisotopic (exact) mass is 386 g/mol. The number of nitrogens with one attached hydrogen (secondary N) is 1. The maximum atomic E-state index is 3.64. The molecule has 19 heavy (non-hydrogen) atoms. The van der Waals surface area contributed by atoms with Crippen LogP contribution in [0.2, 0.25) is 0 Å². The molecule has 2 nitrogen and oxygen atoms in total. The summed E-state index contributed by atoms with van der Waals surface area (Å²) in [4.78, 5) is 2.66. The Bertz CT molecular complexity index is 440. The number of rotatable bonds is 4. The molecular weight excluding hydrogens is 368 g/mol. The smallest absolute Gasteiger partial charge is 0.0352 e. The average Bonchev–Trinajstić information content (AvgIpc) is 3.24. The summed E-state index contributed by atoms with van der Waals surface area (Å²) in [7, 11) is 0. The highest BCUT2D eigenvalue weighted by Gasteiger charge is 2.30. The van der Waals surface area contributed by atoms with Gasteiger partial charge in [-0.3, -0.25) is 4.90 Å². The first-order valence-electron chi connectivity index (χ1n) is 7.14. The maximum Gasteiger partial charge on any atom is 0.0352 e. The van der Waals surface area contributed by atoms with Crippen LogP contribution in [0.1, 0.15) is 30.9 Å². The normalized spacial score (nSPS) is 22.4. The van der Waals surface area contributed by atoms with E-state index in [1.54, 1.807) is 0 Å². The molecule has 1 atom stereocenters. The second-order valence-corrected chi connectivity index (χ2v) is 7.36. The van der Waals surface area contributed by atoms with Crippen LogP contribution < -0.4 is 5.32 Å². The first-order valence-corrected chi connectivity index (χ1v) is 8.72. The van der Waals surface area contributed by atoms with Crippen LogP contribution in [0.3, 0.4) is 0 Å². The molecular formula is C15H20Br2N2. The molecule has 0 radical (unpaired) electrons. The lowest BCUT2D eigenvalue weighted by atomic mass is 9.99. The largest absolute Gasteiger partial charge is 0.314 e. The molecule has 1 aromatic carbocycles. The lowest BCUT2D eigenvalue weighted by Gasteiger charge is -2.35. The molecule has 0 bridgehead atoms. The van der Waals surface area contributed by atoms with Gasteiger partial charge in [-0.05, 0) is 61.9 Å². The Morgan fingerprint density at radius 2 is 1.89 bits per heavy atom. The number of nitrogens with zero attached hydrogens (tertiary/aromatic N) is 1. The zero-order valence-electron chi connectivity index (χ0n) is 11.0. The van der Waals surface area contributed by atoms with Crippen LogP contribution in [0, 0.1) is 5.92 Å². The summed E-state index contributed by atoms with van der Waals surface area (Å²) in [5, 5.41) is 3.45. The summed E-state index contributed by atoms with van der Waals surface area (Å²) < 4.78 is 2.31. The van der Waals surface area contributed by atoms with E-state index < -0.39 is 0 Å². The number of hydrogen-bond acceptors (Lipinski definition) is 2. The van der Waals surface area contributed by atoms with Crippen molar-refractivity contribution in [2.45, 2.75) is 25.3 Å². The van der Waals surface area contributed by atoms with E-state index >= 15 is 0 Å². The lowest BCUT2D eigenvalue weighted by molar-refractivity contribution is 0.160. The van der Waals surface area contributed by atoms with E-state index in [1.165, 1.54) is 42.4 Å². The summed E-state index contributed by atoms with van der Waals surface area (Å²) in [6.07, 6.45) is 4.19. The van der Waals surface area contributed by atoms with Crippen molar-refractivity contribution in [2.75, 3.05) is 26.2 Å². The molecule has 104 valence electrons. The van der Waals surface area contributed by atoms with E-state index in [-0.39, 0.29) is 0 Å². The minimum atomic E-state index is 0.596. The fourth-order valence-electron chi connectivity index (χ4n) is 2.88. The first-order chi connectivity index (χ1) is 9.24. The molecule has 1 aliphatic heterocycles. The predicted octanol–water partition coefficient (Wildman–Crippen LogP) is 3.96. The maximum absolute atomic E-state index is 3.64. The van der Waals surface area contributed by atoms with E-state index in [1.807, 2.05) is 0 Å². The van der Waals surface area contributed by atoms with Gasteiger partial charge in [0.25, 0.3) is 0 Å². The fourth-order valence-corrected chi connectivity index (χ4v) is 3.52. The number of hydrogen-bond donors (Lipinski definition) is 1. The van der Waals surface area contributed by atoms with Crippen molar-refractivity contribution in [1.29, 1.82) is 0 Å². The third-order valence-electron chi connectivity index (χ3n) is 4.17. The number of halogens is 2. The van der Waals surface area contributed by atoms with Crippen molar-refractivity contribution in [3.8, 4) is 0 Å². The molecule has 1 saturated heterocycles. The van der Waals surface area contributed by atoms with Crippen LogP contribution in [0.4, 0.5) is 0 Å². The number of piperazine rings is 1. The van der Waals surface area contributed by atoms with Crippen LogP contribution in [-0.2, 0) is 0 Å². The Morgan fingerprint density at radius 3 is 2.53 bits per heavy atom.